The number of piperidine rings is 1. The Balaban J connectivity index is 0.000000821. The molecule has 1 spiro atoms. The standard InChI is InChI=1S/C21H26N6O3.CH2O2/c28-19(16-3-5-17(6-4-16)27-15-22-23-24-27)26-11-7-21(8-12-26)13-18(30-20(21)29)14-25-9-1-2-10-25;2-1-3/h3-6,15,18H,1-2,7-14H2;1H,(H,2,3). The maximum Gasteiger partial charge on any atom is 0.312 e. The van der Waals surface area contributed by atoms with E-state index in [1.807, 2.05) is 17.0 Å². The number of likely N-dealkylation sites (tertiary alicyclic amines) is 2. The van der Waals surface area contributed by atoms with Crippen molar-refractivity contribution in [2.75, 3.05) is 32.7 Å². The zero-order chi connectivity index (χ0) is 23.3. The molecule has 0 aliphatic carbocycles. The first-order chi connectivity index (χ1) is 16.0. The number of rotatable bonds is 4. The van der Waals surface area contributed by atoms with Gasteiger partial charge >= 0.3 is 5.97 Å². The number of carboxylic acid groups (broad SMARTS) is 1. The minimum absolute atomic E-state index is 0.00308. The van der Waals surface area contributed by atoms with Gasteiger partial charge in [-0.05, 0) is 73.5 Å². The van der Waals surface area contributed by atoms with Gasteiger partial charge in [-0.2, -0.15) is 0 Å². The third kappa shape index (κ3) is 5.03. The molecule has 1 amide bonds. The molecule has 1 aromatic carbocycles. The average molecular weight is 457 g/mol. The largest absolute Gasteiger partial charge is 0.483 e. The fourth-order valence-electron chi connectivity index (χ4n) is 4.96. The molecule has 3 saturated heterocycles. The number of esters is 1. The Labute approximate surface area is 191 Å². The van der Waals surface area contributed by atoms with Gasteiger partial charge < -0.3 is 14.7 Å². The van der Waals surface area contributed by atoms with Crippen molar-refractivity contribution in [2.24, 2.45) is 5.41 Å². The highest BCUT2D eigenvalue weighted by atomic mass is 16.6. The second-order valence-electron chi connectivity index (χ2n) is 8.72. The molecular formula is C22H28N6O5. The van der Waals surface area contributed by atoms with Crippen LogP contribution in [0.4, 0.5) is 0 Å². The number of hydrogen-bond acceptors (Lipinski definition) is 8. The van der Waals surface area contributed by atoms with Crippen LogP contribution in [0.25, 0.3) is 5.69 Å². The van der Waals surface area contributed by atoms with Crippen molar-refractivity contribution >= 4 is 18.3 Å². The molecule has 11 heteroatoms. The lowest BCUT2D eigenvalue weighted by Crippen LogP contribution is -2.45. The van der Waals surface area contributed by atoms with E-state index in [9.17, 15) is 9.59 Å². The van der Waals surface area contributed by atoms with Gasteiger partial charge in [-0.1, -0.05) is 0 Å². The van der Waals surface area contributed by atoms with Crippen molar-refractivity contribution in [3.05, 3.63) is 36.2 Å². The summed E-state index contributed by atoms with van der Waals surface area (Å²) in [7, 11) is 0. The molecule has 0 radical (unpaired) electrons. The molecule has 3 aliphatic rings. The summed E-state index contributed by atoms with van der Waals surface area (Å²) in [5.74, 6) is -0.0716. The summed E-state index contributed by atoms with van der Waals surface area (Å²) in [6.07, 6.45) is 6.12. The molecule has 0 saturated carbocycles. The third-order valence-electron chi connectivity index (χ3n) is 6.72. The van der Waals surface area contributed by atoms with Crippen LogP contribution < -0.4 is 0 Å². The van der Waals surface area contributed by atoms with Crippen LogP contribution in [0.3, 0.4) is 0 Å². The summed E-state index contributed by atoms with van der Waals surface area (Å²) in [4.78, 5) is 38.2. The topological polar surface area (TPSA) is 131 Å². The van der Waals surface area contributed by atoms with Gasteiger partial charge in [0, 0.05) is 31.6 Å². The van der Waals surface area contributed by atoms with E-state index in [1.165, 1.54) is 19.2 Å². The van der Waals surface area contributed by atoms with E-state index in [0.29, 0.717) is 31.5 Å². The van der Waals surface area contributed by atoms with E-state index in [4.69, 9.17) is 14.6 Å². The van der Waals surface area contributed by atoms with Crippen LogP contribution in [-0.4, -0.2) is 92.3 Å². The monoisotopic (exact) mass is 456 g/mol. The van der Waals surface area contributed by atoms with Crippen LogP contribution in [0.5, 0.6) is 0 Å². The van der Waals surface area contributed by atoms with Crippen molar-refractivity contribution in [3.8, 4) is 5.69 Å². The number of tetrazole rings is 1. The summed E-state index contributed by atoms with van der Waals surface area (Å²) >= 11 is 0. The molecule has 2 aromatic rings. The average Bonchev–Trinajstić information content (AvgIpc) is 3.59. The first kappa shape index (κ1) is 22.8. The maximum atomic E-state index is 12.9. The summed E-state index contributed by atoms with van der Waals surface area (Å²) in [5, 5.41) is 18.0. The van der Waals surface area contributed by atoms with Crippen LogP contribution >= 0.6 is 0 Å². The van der Waals surface area contributed by atoms with Crippen LogP contribution in [0.1, 0.15) is 42.5 Å². The Morgan fingerprint density at radius 2 is 1.82 bits per heavy atom. The van der Waals surface area contributed by atoms with E-state index < -0.39 is 5.41 Å². The fourth-order valence-corrected chi connectivity index (χ4v) is 4.96. The summed E-state index contributed by atoms with van der Waals surface area (Å²) in [6.45, 7) is 3.98. The van der Waals surface area contributed by atoms with Gasteiger partial charge in [0.25, 0.3) is 12.4 Å². The van der Waals surface area contributed by atoms with E-state index in [-0.39, 0.29) is 24.5 Å². The second kappa shape index (κ2) is 10.1. The maximum absolute atomic E-state index is 12.9. The Morgan fingerprint density at radius 3 is 2.42 bits per heavy atom. The lowest BCUT2D eigenvalue weighted by atomic mass is 9.76. The fraction of sp³-hybridized carbons (Fsp3) is 0.545. The van der Waals surface area contributed by atoms with Gasteiger partial charge in [0.05, 0.1) is 11.1 Å². The van der Waals surface area contributed by atoms with Gasteiger partial charge in [0.2, 0.25) is 0 Å². The molecule has 176 valence electrons. The van der Waals surface area contributed by atoms with Crippen LogP contribution in [0, 0.1) is 5.41 Å². The second-order valence-corrected chi connectivity index (χ2v) is 8.72. The lowest BCUT2D eigenvalue weighted by molar-refractivity contribution is -0.151. The number of carbonyl (C=O) groups excluding carboxylic acids is 2. The molecule has 11 nitrogen and oxygen atoms in total. The number of benzene rings is 1. The molecule has 1 unspecified atom stereocenters. The molecule has 0 bridgehead atoms. The van der Waals surface area contributed by atoms with E-state index in [0.717, 1.165) is 31.7 Å². The van der Waals surface area contributed by atoms with E-state index in [2.05, 4.69) is 20.4 Å². The molecule has 4 heterocycles. The van der Waals surface area contributed by atoms with Gasteiger partial charge in [-0.3, -0.25) is 19.3 Å². The van der Waals surface area contributed by atoms with Gasteiger partial charge in [0.15, 0.2) is 0 Å². The molecule has 3 fully saturated rings. The molecule has 33 heavy (non-hydrogen) atoms. The number of hydrogen-bond donors (Lipinski definition) is 1. The minimum Gasteiger partial charge on any atom is -0.483 e. The van der Waals surface area contributed by atoms with Gasteiger partial charge in [0.1, 0.15) is 12.4 Å². The van der Waals surface area contributed by atoms with Crippen LogP contribution in [-0.2, 0) is 14.3 Å². The molecule has 1 atom stereocenters. The highest BCUT2D eigenvalue weighted by Gasteiger charge is 2.51. The predicted octanol–water partition coefficient (Wildman–Crippen LogP) is 0.997. The van der Waals surface area contributed by atoms with Crippen molar-refractivity contribution in [1.82, 2.24) is 30.0 Å². The summed E-state index contributed by atoms with van der Waals surface area (Å²) in [6, 6.07) is 7.23. The minimum atomic E-state index is -0.412. The van der Waals surface area contributed by atoms with Gasteiger partial charge in [-0.15, -0.1) is 5.10 Å². The normalized spacial score (nSPS) is 22.0. The highest BCUT2D eigenvalue weighted by Crippen LogP contribution is 2.43. The predicted molar refractivity (Wildman–Crippen MR) is 116 cm³/mol. The Hall–Kier alpha value is -3.34. The first-order valence-corrected chi connectivity index (χ1v) is 11.2. The number of amides is 1. The van der Waals surface area contributed by atoms with E-state index in [1.54, 1.807) is 16.8 Å². The summed E-state index contributed by atoms with van der Waals surface area (Å²) in [5.41, 5.74) is 1.01. The quantitative estimate of drug-likeness (QED) is 0.529. The number of aromatic nitrogens is 4. The Morgan fingerprint density at radius 1 is 1.15 bits per heavy atom. The molecule has 3 aliphatic heterocycles. The van der Waals surface area contributed by atoms with Gasteiger partial charge in [-0.25, -0.2) is 4.68 Å². The zero-order valence-corrected chi connectivity index (χ0v) is 18.4. The molecule has 1 aromatic heterocycles. The van der Waals surface area contributed by atoms with Crippen molar-refractivity contribution < 1.29 is 24.2 Å². The Kier molecular flexibility index (Phi) is 6.97. The first-order valence-electron chi connectivity index (χ1n) is 11.2. The number of nitrogens with zero attached hydrogens (tertiary/aromatic N) is 6. The van der Waals surface area contributed by atoms with E-state index >= 15 is 0 Å². The zero-order valence-electron chi connectivity index (χ0n) is 18.4. The molecule has 1 N–H and O–H groups in total. The van der Waals surface area contributed by atoms with Crippen molar-refractivity contribution in [1.29, 1.82) is 0 Å². The lowest BCUT2D eigenvalue weighted by Gasteiger charge is -2.36. The van der Waals surface area contributed by atoms with Crippen LogP contribution in [0.15, 0.2) is 30.6 Å². The number of carbonyl (C=O) groups is 3. The van der Waals surface area contributed by atoms with Crippen LogP contribution in [0.2, 0.25) is 0 Å². The Bertz CT molecular complexity index is 950. The third-order valence-corrected chi connectivity index (χ3v) is 6.72. The molecule has 5 rings (SSSR count). The number of ether oxygens (including phenoxy) is 1. The molecular weight excluding hydrogens is 428 g/mol. The summed E-state index contributed by atoms with van der Waals surface area (Å²) < 4.78 is 7.29. The smallest absolute Gasteiger partial charge is 0.312 e. The van der Waals surface area contributed by atoms with Crippen molar-refractivity contribution in [3.63, 3.8) is 0 Å². The highest BCUT2D eigenvalue weighted by molar-refractivity contribution is 5.94. The number of cyclic esters (lactones) is 1. The SMILES string of the molecule is O=C(c1ccc(-n2cnnn2)cc1)N1CCC2(CC1)CC(CN1CCCC1)OC2=O.O=CO. The van der Waals surface area contributed by atoms with Crippen molar-refractivity contribution in [2.45, 2.75) is 38.2 Å².